The van der Waals surface area contributed by atoms with Crippen LogP contribution in [0.15, 0.2) is 23.0 Å². The molecule has 2 N–H and O–H groups in total. The van der Waals surface area contributed by atoms with E-state index >= 15 is 0 Å². The molecule has 8 heteroatoms. The third-order valence-corrected chi connectivity index (χ3v) is 5.18. The van der Waals surface area contributed by atoms with Gasteiger partial charge in [0.05, 0.1) is 17.8 Å². The van der Waals surface area contributed by atoms with Gasteiger partial charge < -0.3 is 29.2 Å². The average Bonchev–Trinajstić information content (AvgIpc) is 2.97. The van der Waals surface area contributed by atoms with Gasteiger partial charge in [0.1, 0.15) is 17.5 Å². The zero-order chi connectivity index (χ0) is 19.3. The molecule has 3 aliphatic heterocycles. The van der Waals surface area contributed by atoms with Gasteiger partial charge in [-0.25, -0.2) is 4.79 Å². The molecule has 0 saturated carbocycles. The minimum Gasteiger partial charge on any atom is -0.457 e. The van der Waals surface area contributed by atoms with E-state index in [9.17, 15) is 19.8 Å². The summed E-state index contributed by atoms with van der Waals surface area (Å²) in [4.78, 5) is 24.0. The topological polar surface area (TPSA) is 112 Å². The molecule has 3 rings (SSSR count). The molecule has 0 aromatic carbocycles. The molecule has 144 valence electrons. The number of rotatable bonds is 3. The summed E-state index contributed by atoms with van der Waals surface area (Å²) in [6.07, 6.45) is 1.03. The highest BCUT2D eigenvalue weighted by Gasteiger charge is 2.58. The molecule has 3 heterocycles. The molecule has 1 saturated heterocycles. The number of fused-ring (bicyclic) bond motifs is 3. The van der Waals surface area contributed by atoms with Crippen molar-refractivity contribution in [1.82, 2.24) is 0 Å². The molecule has 0 amide bonds. The first-order chi connectivity index (χ1) is 12.0. The van der Waals surface area contributed by atoms with Crippen LogP contribution in [-0.4, -0.2) is 59.0 Å². The van der Waals surface area contributed by atoms with Gasteiger partial charge in [-0.2, -0.15) is 0 Å². The van der Waals surface area contributed by atoms with Crippen molar-refractivity contribution in [1.29, 1.82) is 0 Å². The van der Waals surface area contributed by atoms with Gasteiger partial charge in [0, 0.05) is 32.4 Å². The smallest absolute Gasteiger partial charge is 0.342 e. The summed E-state index contributed by atoms with van der Waals surface area (Å²) in [5.41, 5.74) is -2.12. The minimum absolute atomic E-state index is 0.0345. The van der Waals surface area contributed by atoms with Crippen LogP contribution in [0.4, 0.5) is 0 Å². The fraction of sp³-hybridized carbons (Fsp3) is 0.667. The van der Waals surface area contributed by atoms with Crippen LogP contribution in [0.1, 0.15) is 40.0 Å². The van der Waals surface area contributed by atoms with E-state index in [4.69, 9.17) is 18.9 Å². The molecule has 0 aromatic rings. The van der Waals surface area contributed by atoms with E-state index in [1.165, 1.54) is 21.0 Å². The summed E-state index contributed by atoms with van der Waals surface area (Å²) >= 11 is 0. The number of hydrogen-bond donors (Lipinski definition) is 2. The van der Waals surface area contributed by atoms with E-state index < -0.39 is 35.0 Å². The lowest BCUT2D eigenvalue weighted by atomic mass is 9.82. The molecule has 0 aliphatic carbocycles. The van der Waals surface area contributed by atoms with Crippen molar-refractivity contribution in [3.8, 4) is 0 Å². The van der Waals surface area contributed by atoms with Crippen molar-refractivity contribution < 1.29 is 38.7 Å². The Hall–Kier alpha value is -1.74. The molecule has 3 aliphatic rings. The zero-order valence-corrected chi connectivity index (χ0v) is 15.3. The van der Waals surface area contributed by atoms with E-state index in [-0.39, 0.29) is 30.8 Å². The van der Waals surface area contributed by atoms with Crippen LogP contribution >= 0.6 is 0 Å². The van der Waals surface area contributed by atoms with Gasteiger partial charge in [-0.1, -0.05) is 0 Å². The molecule has 0 radical (unpaired) electrons. The molecular formula is C18H24O8. The van der Waals surface area contributed by atoms with Crippen LogP contribution in [0.5, 0.6) is 0 Å². The molecule has 0 aromatic heterocycles. The van der Waals surface area contributed by atoms with Gasteiger partial charge in [-0.15, -0.1) is 0 Å². The Balaban J connectivity index is 2.19. The molecule has 8 nitrogen and oxygen atoms in total. The maximum Gasteiger partial charge on any atom is 0.342 e. The summed E-state index contributed by atoms with van der Waals surface area (Å²) in [7, 11) is 1.43. The lowest BCUT2D eigenvalue weighted by Crippen LogP contribution is -2.54. The van der Waals surface area contributed by atoms with Crippen molar-refractivity contribution in [2.75, 3.05) is 13.7 Å². The van der Waals surface area contributed by atoms with Gasteiger partial charge in [0.15, 0.2) is 5.79 Å². The Kier molecular flexibility index (Phi) is 4.51. The van der Waals surface area contributed by atoms with Crippen molar-refractivity contribution >= 4 is 11.9 Å². The zero-order valence-electron chi connectivity index (χ0n) is 15.3. The van der Waals surface area contributed by atoms with Gasteiger partial charge in [-0.3, -0.25) is 4.79 Å². The largest absolute Gasteiger partial charge is 0.457 e. The van der Waals surface area contributed by atoms with Crippen LogP contribution in [0.3, 0.4) is 0 Å². The fourth-order valence-corrected chi connectivity index (χ4v) is 3.80. The molecule has 0 unspecified atom stereocenters. The quantitative estimate of drug-likeness (QED) is 0.701. The first kappa shape index (κ1) is 19.0. The minimum atomic E-state index is -1.82. The lowest BCUT2D eigenvalue weighted by molar-refractivity contribution is -0.298. The highest BCUT2D eigenvalue weighted by Crippen LogP contribution is 2.49. The predicted molar refractivity (Wildman–Crippen MR) is 87.5 cm³/mol. The number of ether oxygens (including phenoxy) is 4. The summed E-state index contributed by atoms with van der Waals surface area (Å²) in [5, 5.41) is 21.9. The Labute approximate surface area is 151 Å². The molecule has 4 atom stereocenters. The number of aliphatic hydroxyl groups is 2. The number of hydrogen-bond acceptors (Lipinski definition) is 8. The van der Waals surface area contributed by atoms with Crippen LogP contribution in [-0.2, 0) is 28.5 Å². The maximum atomic E-state index is 12.3. The standard InChI is InChI=1S/C18H24O8/c1-10(19)24-13-8-17(3,21)18(22)6-5-16(2,26-18)7-12-14(13)11(9-23-4)15(20)25-12/h7,13,21-22H,5-6,8-9H2,1-4H3/b12-7+/t13-,16+,17-,18-/m0/s1. The van der Waals surface area contributed by atoms with E-state index in [1.54, 1.807) is 13.0 Å². The predicted octanol–water partition coefficient (Wildman–Crippen LogP) is 0.714. The van der Waals surface area contributed by atoms with Crippen molar-refractivity contribution in [3.05, 3.63) is 23.0 Å². The van der Waals surface area contributed by atoms with Gasteiger partial charge in [0.2, 0.25) is 0 Å². The van der Waals surface area contributed by atoms with Gasteiger partial charge in [0.25, 0.3) is 0 Å². The number of esters is 2. The summed E-state index contributed by atoms with van der Waals surface area (Å²) in [5.74, 6) is -2.79. The molecule has 2 bridgehead atoms. The van der Waals surface area contributed by atoms with Crippen molar-refractivity contribution in [3.63, 3.8) is 0 Å². The first-order valence-corrected chi connectivity index (χ1v) is 8.50. The second-order valence-corrected chi connectivity index (χ2v) is 7.50. The Morgan fingerprint density at radius 2 is 2.04 bits per heavy atom. The Morgan fingerprint density at radius 3 is 2.65 bits per heavy atom. The number of carbonyl (C=O) groups excluding carboxylic acids is 2. The van der Waals surface area contributed by atoms with Crippen molar-refractivity contribution in [2.24, 2.45) is 0 Å². The SMILES string of the molecule is COCC1=C2/C(=C\[C@@]3(C)CC[C@](O)(O3)[C@@](C)(O)C[C@@H]2OC(C)=O)OC1=O. The van der Waals surface area contributed by atoms with Crippen LogP contribution in [0.2, 0.25) is 0 Å². The van der Waals surface area contributed by atoms with Crippen molar-refractivity contribution in [2.45, 2.75) is 63.1 Å². The summed E-state index contributed by atoms with van der Waals surface area (Å²) in [6.45, 7) is 4.36. The highest BCUT2D eigenvalue weighted by atomic mass is 16.7. The third kappa shape index (κ3) is 3.07. The first-order valence-electron chi connectivity index (χ1n) is 8.50. The van der Waals surface area contributed by atoms with Crippen LogP contribution < -0.4 is 0 Å². The third-order valence-electron chi connectivity index (χ3n) is 5.18. The summed E-state index contributed by atoms with van der Waals surface area (Å²) in [6, 6.07) is 0. The van der Waals surface area contributed by atoms with E-state index in [0.29, 0.717) is 12.0 Å². The van der Waals surface area contributed by atoms with Gasteiger partial charge >= 0.3 is 11.9 Å². The molecular weight excluding hydrogens is 344 g/mol. The normalized spacial score (nSPS) is 41.5. The second kappa shape index (κ2) is 6.16. The fourth-order valence-electron chi connectivity index (χ4n) is 3.80. The monoisotopic (exact) mass is 368 g/mol. The van der Waals surface area contributed by atoms with E-state index in [1.807, 2.05) is 0 Å². The number of methoxy groups -OCH3 is 1. The van der Waals surface area contributed by atoms with Gasteiger partial charge in [-0.05, 0) is 26.3 Å². The van der Waals surface area contributed by atoms with Crippen LogP contribution in [0, 0.1) is 0 Å². The van der Waals surface area contributed by atoms with E-state index in [0.717, 1.165) is 0 Å². The molecule has 1 fully saturated rings. The highest BCUT2D eigenvalue weighted by molar-refractivity contribution is 5.95. The second-order valence-electron chi connectivity index (χ2n) is 7.50. The molecule has 0 spiro atoms. The Bertz CT molecular complexity index is 706. The average molecular weight is 368 g/mol. The molecule has 26 heavy (non-hydrogen) atoms. The summed E-state index contributed by atoms with van der Waals surface area (Å²) < 4.78 is 21.7. The van der Waals surface area contributed by atoms with Crippen LogP contribution in [0.25, 0.3) is 0 Å². The van der Waals surface area contributed by atoms with E-state index in [2.05, 4.69) is 0 Å². The Morgan fingerprint density at radius 1 is 1.35 bits per heavy atom. The maximum absolute atomic E-state index is 12.3. The number of carbonyl (C=O) groups is 2. The lowest BCUT2D eigenvalue weighted by Gasteiger charge is -2.40.